The van der Waals surface area contributed by atoms with Gasteiger partial charge in [0.05, 0.1) is 6.42 Å². The van der Waals surface area contributed by atoms with Crippen molar-refractivity contribution in [2.24, 2.45) is 0 Å². The number of nitrogens with zero attached hydrogens (tertiary/aromatic N) is 1. The van der Waals surface area contributed by atoms with Crippen molar-refractivity contribution in [3.8, 4) is 0 Å². The summed E-state index contributed by atoms with van der Waals surface area (Å²) in [5.41, 5.74) is 1.03. The van der Waals surface area contributed by atoms with Crippen LogP contribution in [-0.2, 0) is 16.6 Å². The van der Waals surface area contributed by atoms with E-state index in [0.717, 1.165) is 10.5 Å². The van der Waals surface area contributed by atoms with Crippen LogP contribution in [0.2, 0.25) is 0 Å². The first-order valence-electron chi connectivity index (χ1n) is 5.90. The Kier molecular flexibility index (Phi) is 5.74. The third kappa shape index (κ3) is 5.73. The lowest BCUT2D eigenvalue weighted by Crippen LogP contribution is -2.30. The standard InChI is InChI=1S/C13H16F3NO2S/c1-17(7-6-13(14,15)16)12(18)11-5-3-4-10(8-11)9-20(2)19/h3-5,8H,6-7,9H2,1-2H3. The van der Waals surface area contributed by atoms with E-state index in [9.17, 15) is 22.2 Å². The van der Waals surface area contributed by atoms with Gasteiger partial charge < -0.3 is 4.90 Å². The molecule has 0 bridgehead atoms. The van der Waals surface area contributed by atoms with Crippen LogP contribution in [0.1, 0.15) is 22.3 Å². The van der Waals surface area contributed by atoms with Gasteiger partial charge in [0.2, 0.25) is 0 Å². The van der Waals surface area contributed by atoms with E-state index in [0.29, 0.717) is 11.3 Å². The molecular weight excluding hydrogens is 291 g/mol. The van der Waals surface area contributed by atoms with Gasteiger partial charge in [0, 0.05) is 42.0 Å². The van der Waals surface area contributed by atoms with E-state index in [4.69, 9.17) is 0 Å². The molecule has 0 aliphatic carbocycles. The van der Waals surface area contributed by atoms with Crippen molar-refractivity contribution in [3.63, 3.8) is 0 Å². The van der Waals surface area contributed by atoms with Gasteiger partial charge in [-0.1, -0.05) is 12.1 Å². The average molecular weight is 307 g/mol. The normalized spacial score (nSPS) is 13.1. The highest BCUT2D eigenvalue weighted by Crippen LogP contribution is 2.20. The van der Waals surface area contributed by atoms with Crippen molar-refractivity contribution in [2.75, 3.05) is 19.8 Å². The molecule has 20 heavy (non-hydrogen) atoms. The van der Waals surface area contributed by atoms with Crippen LogP contribution in [0.4, 0.5) is 13.2 Å². The molecule has 0 saturated heterocycles. The predicted molar refractivity (Wildman–Crippen MR) is 71.8 cm³/mol. The second kappa shape index (κ2) is 6.88. The van der Waals surface area contributed by atoms with Crippen molar-refractivity contribution < 1.29 is 22.2 Å². The molecule has 0 radical (unpaired) electrons. The van der Waals surface area contributed by atoms with E-state index < -0.39 is 29.3 Å². The second-order valence-corrected chi connectivity index (χ2v) is 5.94. The fourth-order valence-electron chi connectivity index (χ4n) is 1.65. The summed E-state index contributed by atoms with van der Waals surface area (Å²) in [6, 6.07) is 6.46. The molecule has 1 rings (SSSR count). The van der Waals surface area contributed by atoms with E-state index in [1.165, 1.54) is 13.1 Å². The zero-order chi connectivity index (χ0) is 15.3. The molecule has 1 aromatic carbocycles. The third-order valence-electron chi connectivity index (χ3n) is 2.62. The molecule has 1 amide bonds. The number of carbonyl (C=O) groups excluding carboxylic acids is 1. The van der Waals surface area contributed by atoms with E-state index in [1.54, 1.807) is 24.5 Å². The fourth-order valence-corrected chi connectivity index (χ4v) is 2.29. The number of rotatable bonds is 5. The number of amides is 1. The molecule has 0 aromatic heterocycles. The van der Waals surface area contributed by atoms with Crippen LogP contribution in [0.5, 0.6) is 0 Å². The maximum atomic E-state index is 12.1. The van der Waals surface area contributed by atoms with Crippen LogP contribution in [0.3, 0.4) is 0 Å². The maximum Gasteiger partial charge on any atom is 0.390 e. The zero-order valence-electron chi connectivity index (χ0n) is 11.2. The van der Waals surface area contributed by atoms with E-state index in [2.05, 4.69) is 0 Å². The Morgan fingerprint density at radius 2 is 2.00 bits per heavy atom. The summed E-state index contributed by atoms with van der Waals surface area (Å²) in [5, 5.41) is 0. The van der Waals surface area contributed by atoms with Gasteiger partial charge in [-0.25, -0.2) is 0 Å². The minimum atomic E-state index is -4.28. The number of halogens is 3. The first-order valence-corrected chi connectivity index (χ1v) is 7.63. The SMILES string of the molecule is CN(CCC(F)(F)F)C(=O)c1cccc(CS(C)=O)c1. The lowest BCUT2D eigenvalue weighted by molar-refractivity contribution is -0.136. The van der Waals surface area contributed by atoms with Gasteiger partial charge in [-0.2, -0.15) is 13.2 Å². The summed E-state index contributed by atoms with van der Waals surface area (Å²) in [7, 11) is 0.294. The summed E-state index contributed by atoms with van der Waals surface area (Å²) in [5.74, 6) is -0.161. The van der Waals surface area contributed by atoms with Crippen molar-refractivity contribution >= 4 is 16.7 Å². The van der Waals surface area contributed by atoms with Crippen molar-refractivity contribution in [2.45, 2.75) is 18.3 Å². The largest absolute Gasteiger partial charge is 0.390 e. The quantitative estimate of drug-likeness (QED) is 0.838. The topological polar surface area (TPSA) is 37.4 Å². The van der Waals surface area contributed by atoms with Crippen molar-refractivity contribution in [3.05, 3.63) is 35.4 Å². The molecular formula is C13H16F3NO2S. The van der Waals surface area contributed by atoms with Gasteiger partial charge in [-0.05, 0) is 17.7 Å². The number of hydrogen-bond donors (Lipinski definition) is 0. The van der Waals surface area contributed by atoms with Crippen LogP contribution in [-0.4, -0.2) is 41.0 Å². The molecule has 0 heterocycles. The monoisotopic (exact) mass is 307 g/mol. The van der Waals surface area contributed by atoms with Crippen LogP contribution < -0.4 is 0 Å². The van der Waals surface area contributed by atoms with Crippen LogP contribution >= 0.6 is 0 Å². The van der Waals surface area contributed by atoms with Gasteiger partial charge >= 0.3 is 6.18 Å². The number of benzene rings is 1. The molecule has 0 saturated carbocycles. The molecule has 0 spiro atoms. The summed E-state index contributed by atoms with van der Waals surface area (Å²) in [6.45, 7) is -0.383. The Labute approximate surface area is 118 Å². The highest BCUT2D eigenvalue weighted by atomic mass is 32.2. The van der Waals surface area contributed by atoms with Gasteiger partial charge in [0.1, 0.15) is 0 Å². The maximum absolute atomic E-state index is 12.1. The van der Waals surface area contributed by atoms with E-state index in [-0.39, 0.29) is 6.54 Å². The minimum Gasteiger partial charge on any atom is -0.341 e. The van der Waals surface area contributed by atoms with Gasteiger partial charge in [-0.15, -0.1) is 0 Å². The molecule has 112 valence electrons. The first-order chi connectivity index (χ1) is 9.19. The Bertz CT molecular complexity index is 503. The van der Waals surface area contributed by atoms with Gasteiger partial charge in [-0.3, -0.25) is 9.00 Å². The summed E-state index contributed by atoms with van der Waals surface area (Å²) in [6.07, 6.45) is -3.77. The molecule has 0 aliphatic heterocycles. The van der Waals surface area contributed by atoms with Crippen LogP contribution in [0.25, 0.3) is 0 Å². The molecule has 1 aromatic rings. The molecule has 1 atom stereocenters. The number of carbonyl (C=O) groups is 1. The predicted octanol–water partition coefficient (Wildman–Crippen LogP) is 2.59. The van der Waals surface area contributed by atoms with Gasteiger partial charge in [0.15, 0.2) is 0 Å². The van der Waals surface area contributed by atoms with E-state index in [1.807, 2.05) is 0 Å². The highest BCUT2D eigenvalue weighted by molar-refractivity contribution is 7.83. The molecule has 3 nitrogen and oxygen atoms in total. The average Bonchev–Trinajstić information content (AvgIpc) is 2.33. The van der Waals surface area contributed by atoms with Crippen LogP contribution in [0, 0.1) is 0 Å². The van der Waals surface area contributed by atoms with Gasteiger partial charge in [0.25, 0.3) is 5.91 Å². The summed E-state index contributed by atoms with van der Waals surface area (Å²) in [4.78, 5) is 13.0. The highest BCUT2D eigenvalue weighted by Gasteiger charge is 2.28. The summed E-state index contributed by atoms with van der Waals surface area (Å²) >= 11 is 0. The Balaban J connectivity index is 2.73. The smallest absolute Gasteiger partial charge is 0.341 e. The molecule has 7 heteroatoms. The lowest BCUT2D eigenvalue weighted by Gasteiger charge is -2.18. The molecule has 0 N–H and O–H groups in total. The van der Waals surface area contributed by atoms with Crippen LogP contribution in [0.15, 0.2) is 24.3 Å². The zero-order valence-corrected chi connectivity index (χ0v) is 12.1. The first kappa shape index (κ1) is 16.7. The molecule has 0 aliphatic rings. The van der Waals surface area contributed by atoms with Crippen molar-refractivity contribution in [1.29, 1.82) is 0 Å². The Morgan fingerprint density at radius 1 is 1.35 bits per heavy atom. The van der Waals surface area contributed by atoms with Crippen molar-refractivity contribution in [1.82, 2.24) is 4.90 Å². The Hall–Kier alpha value is -1.37. The molecule has 0 fully saturated rings. The Morgan fingerprint density at radius 3 is 2.55 bits per heavy atom. The fraction of sp³-hybridized carbons (Fsp3) is 0.462. The van der Waals surface area contributed by atoms with E-state index >= 15 is 0 Å². The summed E-state index contributed by atoms with van der Waals surface area (Å²) < 4.78 is 47.5. The second-order valence-electron chi connectivity index (χ2n) is 4.51. The number of hydrogen-bond acceptors (Lipinski definition) is 2. The number of alkyl halides is 3. The third-order valence-corrected chi connectivity index (χ3v) is 3.36. The lowest BCUT2D eigenvalue weighted by atomic mass is 10.1. The minimum absolute atomic E-state index is 0.303. The molecule has 1 unspecified atom stereocenters.